The van der Waals surface area contributed by atoms with Crippen LogP contribution in [0.3, 0.4) is 0 Å². The van der Waals surface area contributed by atoms with E-state index in [9.17, 15) is 26.4 Å². The maximum absolute atomic E-state index is 12.8. The largest absolute Gasteiger partial charge is 0.534 e. The summed E-state index contributed by atoms with van der Waals surface area (Å²) in [5.74, 6) is -2.17. The second-order valence-electron chi connectivity index (χ2n) is 6.38. The summed E-state index contributed by atoms with van der Waals surface area (Å²) >= 11 is 0. The first kappa shape index (κ1) is 20.1. The SMILES string of the molecule is CC1CCCCN1c1nc2cc(C(=O)O)ccc2nc1OS(=O)(=O)C(F)(F)F. The lowest BCUT2D eigenvalue weighted by molar-refractivity contribution is -0.0501. The minimum atomic E-state index is -5.94. The number of rotatable bonds is 4. The normalized spacial score (nSPS) is 18.3. The van der Waals surface area contributed by atoms with Crippen LogP contribution in [-0.2, 0) is 10.1 Å². The molecule has 1 atom stereocenters. The third-order valence-electron chi connectivity index (χ3n) is 4.41. The Bertz CT molecular complexity index is 1030. The number of alkyl halides is 3. The third-order valence-corrected chi connectivity index (χ3v) is 5.35. The minimum Gasteiger partial charge on any atom is -0.478 e. The first-order valence-corrected chi connectivity index (χ1v) is 9.73. The molecular weight excluding hydrogens is 403 g/mol. The van der Waals surface area contributed by atoms with Crippen LogP contribution in [0.25, 0.3) is 11.0 Å². The molecule has 0 aliphatic carbocycles. The van der Waals surface area contributed by atoms with E-state index in [-0.39, 0.29) is 28.5 Å². The molecule has 8 nitrogen and oxygen atoms in total. The van der Waals surface area contributed by atoms with Gasteiger partial charge in [0.2, 0.25) is 0 Å². The Morgan fingerprint density at radius 3 is 2.57 bits per heavy atom. The molecule has 1 fully saturated rings. The maximum atomic E-state index is 12.8. The molecule has 1 unspecified atom stereocenters. The monoisotopic (exact) mass is 419 g/mol. The van der Waals surface area contributed by atoms with Gasteiger partial charge in [0, 0.05) is 12.6 Å². The molecule has 1 saturated heterocycles. The van der Waals surface area contributed by atoms with Crippen LogP contribution in [-0.4, -0.2) is 47.6 Å². The van der Waals surface area contributed by atoms with Crippen LogP contribution in [0.15, 0.2) is 18.2 Å². The lowest BCUT2D eigenvalue weighted by Gasteiger charge is -2.34. The molecule has 0 amide bonds. The number of piperidine rings is 1. The number of carbonyl (C=O) groups is 1. The maximum Gasteiger partial charge on any atom is 0.534 e. The highest BCUT2D eigenvalue weighted by Crippen LogP contribution is 2.35. The standard InChI is InChI=1S/C16H16F3N3O5S/c1-9-4-2-3-7-22(9)13-14(27-28(25,26)16(17,18)19)21-11-6-5-10(15(23)24)8-12(11)20-13/h5-6,8-9H,2-4,7H2,1H3,(H,23,24). The number of anilines is 1. The number of aromatic carboxylic acids is 1. The lowest BCUT2D eigenvalue weighted by Crippen LogP contribution is -2.39. The molecule has 0 spiro atoms. The van der Waals surface area contributed by atoms with E-state index < -0.39 is 27.5 Å². The van der Waals surface area contributed by atoms with Gasteiger partial charge in [0.05, 0.1) is 16.6 Å². The molecule has 1 aliphatic rings. The Morgan fingerprint density at radius 1 is 1.25 bits per heavy atom. The van der Waals surface area contributed by atoms with Gasteiger partial charge in [-0.3, -0.25) is 0 Å². The molecule has 1 N–H and O–H groups in total. The van der Waals surface area contributed by atoms with Gasteiger partial charge in [-0.15, -0.1) is 0 Å². The molecule has 2 aromatic rings. The minimum absolute atomic E-state index is 0.00536. The van der Waals surface area contributed by atoms with Crippen molar-refractivity contribution in [1.82, 2.24) is 9.97 Å². The van der Waals surface area contributed by atoms with Crippen LogP contribution in [0.5, 0.6) is 5.88 Å². The van der Waals surface area contributed by atoms with Gasteiger partial charge in [0.25, 0.3) is 5.88 Å². The van der Waals surface area contributed by atoms with Gasteiger partial charge < -0.3 is 14.2 Å². The topological polar surface area (TPSA) is 110 Å². The number of carboxylic acids is 1. The molecule has 1 aromatic carbocycles. The highest BCUT2D eigenvalue weighted by Gasteiger charge is 2.49. The van der Waals surface area contributed by atoms with Crippen molar-refractivity contribution in [3.05, 3.63) is 23.8 Å². The second kappa shape index (κ2) is 7.08. The Kier molecular flexibility index (Phi) is 5.08. The van der Waals surface area contributed by atoms with Crippen molar-refractivity contribution in [3.63, 3.8) is 0 Å². The zero-order chi connectivity index (χ0) is 20.7. The summed E-state index contributed by atoms with van der Waals surface area (Å²) in [6, 6.07) is 3.48. The quantitative estimate of drug-likeness (QED) is 0.595. The van der Waals surface area contributed by atoms with Crippen molar-refractivity contribution in [3.8, 4) is 5.88 Å². The molecule has 2 heterocycles. The van der Waals surface area contributed by atoms with Crippen LogP contribution >= 0.6 is 0 Å². The molecule has 28 heavy (non-hydrogen) atoms. The van der Waals surface area contributed by atoms with E-state index in [1.54, 1.807) is 4.90 Å². The number of halogens is 3. The number of carboxylic acid groups (broad SMARTS) is 1. The van der Waals surface area contributed by atoms with Crippen LogP contribution in [0.2, 0.25) is 0 Å². The number of benzene rings is 1. The number of hydrogen-bond acceptors (Lipinski definition) is 7. The third kappa shape index (κ3) is 3.81. The van der Waals surface area contributed by atoms with E-state index in [2.05, 4.69) is 14.2 Å². The van der Waals surface area contributed by atoms with Gasteiger partial charge in [0.15, 0.2) is 5.82 Å². The fourth-order valence-corrected chi connectivity index (χ4v) is 3.38. The average molecular weight is 419 g/mol. The van der Waals surface area contributed by atoms with Gasteiger partial charge in [-0.2, -0.15) is 21.6 Å². The summed E-state index contributed by atoms with van der Waals surface area (Å²) in [6.07, 6.45) is 2.35. The van der Waals surface area contributed by atoms with Gasteiger partial charge in [-0.05, 0) is 44.4 Å². The fraction of sp³-hybridized carbons (Fsp3) is 0.438. The van der Waals surface area contributed by atoms with Crippen molar-refractivity contribution in [2.75, 3.05) is 11.4 Å². The zero-order valence-corrected chi connectivity index (χ0v) is 15.4. The lowest BCUT2D eigenvalue weighted by atomic mass is 10.0. The van der Waals surface area contributed by atoms with E-state index in [4.69, 9.17) is 5.11 Å². The highest BCUT2D eigenvalue weighted by molar-refractivity contribution is 7.88. The Balaban J connectivity index is 2.18. The van der Waals surface area contributed by atoms with E-state index in [1.807, 2.05) is 6.92 Å². The van der Waals surface area contributed by atoms with Crippen molar-refractivity contribution in [2.45, 2.75) is 37.7 Å². The summed E-state index contributed by atoms with van der Waals surface area (Å²) < 4.78 is 65.7. The van der Waals surface area contributed by atoms with Gasteiger partial charge in [-0.1, -0.05) is 0 Å². The van der Waals surface area contributed by atoms with Crippen molar-refractivity contribution >= 4 is 32.9 Å². The Hall–Kier alpha value is -2.63. The summed E-state index contributed by atoms with van der Waals surface area (Å²) in [5, 5.41) is 9.11. The molecule has 0 bridgehead atoms. The van der Waals surface area contributed by atoms with E-state index in [0.717, 1.165) is 19.3 Å². The molecule has 152 valence electrons. The van der Waals surface area contributed by atoms with E-state index in [1.165, 1.54) is 18.2 Å². The van der Waals surface area contributed by atoms with Crippen LogP contribution in [0, 0.1) is 0 Å². The van der Waals surface area contributed by atoms with Crippen LogP contribution in [0.4, 0.5) is 19.0 Å². The summed E-state index contributed by atoms with van der Waals surface area (Å²) in [7, 11) is -5.94. The van der Waals surface area contributed by atoms with Gasteiger partial charge in [-0.25, -0.2) is 14.8 Å². The number of aromatic nitrogens is 2. The van der Waals surface area contributed by atoms with Gasteiger partial charge in [0.1, 0.15) is 0 Å². The van der Waals surface area contributed by atoms with Crippen LogP contribution in [0.1, 0.15) is 36.5 Å². The van der Waals surface area contributed by atoms with Crippen molar-refractivity contribution in [1.29, 1.82) is 0 Å². The van der Waals surface area contributed by atoms with Crippen molar-refractivity contribution < 1.29 is 35.7 Å². The number of nitrogens with zero attached hydrogens (tertiary/aromatic N) is 3. The fourth-order valence-electron chi connectivity index (χ4n) is 2.97. The summed E-state index contributed by atoms with van der Waals surface area (Å²) in [4.78, 5) is 20.9. The molecule has 1 aromatic heterocycles. The second-order valence-corrected chi connectivity index (χ2v) is 7.92. The summed E-state index contributed by atoms with van der Waals surface area (Å²) in [5.41, 5.74) is -5.60. The Labute approximate surface area is 158 Å². The smallest absolute Gasteiger partial charge is 0.478 e. The molecule has 3 rings (SSSR count). The summed E-state index contributed by atoms with van der Waals surface area (Å²) in [6.45, 7) is 2.24. The average Bonchev–Trinajstić information content (AvgIpc) is 2.60. The zero-order valence-electron chi connectivity index (χ0n) is 14.6. The first-order valence-electron chi connectivity index (χ1n) is 8.32. The molecule has 0 radical (unpaired) electrons. The number of hydrogen-bond donors (Lipinski definition) is 1. The predicted octanol–water partition coefficient (Wildman–Crippen LogP) is 2.94. The van der Waals surface area contributed by atoms with Crippen LogP contribution < -0.4 is 9.08 Å². The predicted molar refractivity (Wildman–Crippen MR) is 92.8 cm³/mol. The Morgan fingerprint density at radius 2 is 1.96 bits per heavy atom. The molecular formula is C16H16F3N3O5S. The highest BCUT2D eigenvalue weighted by atomic mass is 32.2. The van der Waals surface area contributed by atoms with Gasteiger partial charge >= 0.3 is 21.6 Å². The molecule has 1 aliphatic heterocycles. The van der Waals surface area contributed by atoms with E-state index >= 15 is 0 Å². The first-order chi connectivity index (χ1) is 13.0. The van der Waals surface area contributed by atoms with Crippen molar-refractivity contribution in [2.24, 2.45) is 0 Å². The molecule has 0 saturated carbocycles. The molecule has 12 heteroatoms. The van der Waals surface area contributed by atoms with E-state index in [0.29, 0.717) is 6.54 Å². The number of fused-ring (bicyclic) bond motifs is 1.